The van der Waals surface area contributed by atoms with E-state index in [4.69, 9.17) is 9.47 Å². The van der Waals surface area contributed by atoms with Gasteiger partial charge in [-0.3, -0.25) is 0 Å². The van der Waals surface area contributed by atoms with Crippen molar-refractivity contribution in [3.8, 4) is 11.6 Å². The molecule has 140 valence electrons. The van der Waals surface area contributed by atoms with E-state index >= 15 is 0 Å². The maximum Gasteiger partial charge on any atom is 0.245 e. The van der Waals surface area contributed by atoms with Gasteiger partial charge in [-0.2, -0.15) is 0 Å². The summed E-state index contributed by atoms with van der Waals surface area (Å²) in [5.74, 6) is 0.811. The van der Waals surface area contributed by atoms with Crippen molar-refractivity contribution in [2.75, 3.05) is 39.3 Å². The van der Waals surface area contributed by atoms with Crippen LogP contribution in [-0.4, -0.2) is 47.8 Å². The van der Waals surface area contributed by atoms with Gasteiger partial charge < -0.3 is 19.7 Å². The minimum absolute atomic E-state index is 0.000536. The number of ether oxygens (including phenoxy) is 2. The van der Waals surface area contributed by atoms with Gasteiger partial charge in [0.2, 0.25) is 15.9 Å². The average Bonchev–Trinajstić information content (AvgIpc) is 2.67. The summed E-state index contributed by atoms with van der Waals surface area (Å²) in [7, 11) is 0.933. The molecule has 0 saturated carbocycles. The molecule has 26 heavy (non-hydrogen) atoms. The fraction of sp³-hybridized carbons (Fsp3) is 0.353. The van der Waals surface area contributed by atoms with Gasteiger partial charge in [-0.25, -0.2) is 18.1 Å². The summed E-state index contributed by atoms with van der Waals surface area (Å²) in [5.41, 5.74) is 2.64. The standard InChI is InChI=1S/C17H22N4O4S/c1-18-10-12-4-5-15-14(8-12)21(6-7-25-15)13-9-16(26(22,23)19-2)17(24-3)20-11-13/h4-5,8-9,11,18-19H,6-7,10H2,1-3H3. The topological polar surface area (TPSA) is 92.8 Å². The summed E-state index contributed by atoms with van der Waals surface area (Å²) in [5, 5.41) is 3.12. The molecule has 1 aliphatic heterocycles. The van der Waals surface area contributed by atoms with E-state index in [-0.39, 0.29) is 10.8 Å². The lowest BCUT2D eigenvalue weighted by Crippen LogP contribution is -2.29. The summed E-state index contributed by atoms with van der Waals surface area (Å²) >= 11 is 0. The molecular weight excluding hydrogens is 356 g/mol. The zero-order chi connectivity index (χ0) is 18.7. The molecule has 2 aromatic rings. The first-order valence-electron chi connectivity index (χ1n) is 8.15. The molecule has 0 atom stereocenters. The van der Waals surface area contributed by atoms with E-state index in [0.717, 1.165) is 23.5 Å². The maximum absolute atomic E-state index is 12.3. The van der Waals surface area contributed by atoms with E-state index in [2.05, 4.69) is 15.0 Å². The van der Waals surface area contributed by atoms with E-state index < -0.39 is 10.0 Å². The van der Waals surface area contributed by atoms with E-state index in [1.807, 2.05) is 30.1 Å². The molecule has 0 bridgehead atoms. The van der Waals surface area contributed by atoms with Crippen LogP contribution < -0.4 is 24.4 Å². The number of hydrogen-bond acceptors (Lipinski definition) is 7. The number of rotatable bonds is 6. The van der Waals surface area contributed by atoms with Crippen LogP contribution in [0.5, 0.6) is 11.6 Å². The van der Waals surface area contributed by atoms with Crippen molar-refractivity contribution in [2.45, 2.75) is 11.4 Å². The molecule has 3 rings (SSSR count). The van der Waals surface area contributed by atoms with Crippen LogP contribution in [-0.2, 0) is 16.6 Å². The Kier molecular flexibility index (Phi) is 5.30. The normalized spacial score (nSPS) is 13.9. The quantitative estimate of drug-likeness (QED) is 0.781. The molecule has 0 radical (unpaired) electrons. The van der Waals surface area contributed by atoms with Gasteiger partial charge in [0.05, 0.1) is 31.2 Å². The zero-order valence-corrected chi connectivity index (χ0v) is 15.8. The number of methoxy groups -OCH3 is 1. The maximum atomic E-state index is 12.3. The molecule has 1 aliphatic rings. The highest BCUT2D eigenvalue weighted by Crippen LogP contribution is 2.38. The van der Waals surface area contributed by atoms with Gasteiger partial charge in [-0.15, -0.1) is 0 Å². The second-order valence-corrected chi connectivity index (χ2v) is 7.60. The van der Waals surface area contributed by atoms with Crippen LogP contribution in [0.2, 0.25) is 0 Å². The molecule has 0 aliphatic carbocycles. The molecule has 0 fully saturated rings. The number of sulfonamides is 1. The molecule has 9 heteroatoms. The summed E-state index contributed by atoms with van der Waals surface area (Å²) in [6.45, 7) is 1.81. The number of nitrogens with one attached hydrogen (secondary N) is 2. The molecule has 1 aromatic carbocycles. The fourth-order valence-electron chi connectivity index (χ4n) is 2.87. The fourth-order valence-corrected chi connectivity index (χ4v) is 3.73. The average molecular weight is 378 g/mol. The largest absolute Gasteiger partial charge is 0.490 e. The predicted octanol–water partition coefficient (Wildman–Crippen LogP) is 1.25. The smallest absolute Gasteiger partial charge is 0.245 e. The second-order valence-electron chi connectivity index (χ2n) is 5.74. The molecule has 0 spiro atoms. The number of benzene rings is 1. The lowest BCUT2D eigenvalue weighted by atomic mass is 10.1. The van der Waals surface area contributed by atoms with Crippen LogP contribution in [0.15, 0.2) is 35.4 Å². The Morgan fingerprint density at radius 3 is 2.81 bits per heavy atom. The van der Waals surface area contributed by atoms with Crippen molar-refractivity contribution < 1.29 is 17.9 Å². The Labute approximate surface area is 153 Å². The Morgan fingerprint density at radius 1 is 1.31 bits per heavy atom. The number of hydrogen-bond donors (Lipinski definition) is 2. The summed E-state index contributed by atoms with van der Waals surface area (Å²) < 4.78 is 37.8. The van der Waals surface area contributed by atoms with Gasteiger partial charge in [0.1, 0.15) is 17.3 Å². The van der Waals surface area contributed by atoms with Crippen molar-refractivity contribution >= 4 is 21.4 Å². The second kappa shape index (κ2) is 7.48. The highest BCUT2D eigenvalue weighted by Gasteiger charge is 2.25. The molecule has 8 nitrogen and oxygen atoms in total. The van der Waals surface area contributed by atoms with Crippen molar-refractivity contribution in [3.63, 3.8) is 0 Å². The summed E-state index contributed by atoms with van der Waals surface area (Å²) in [6, 6.07) is 7.53. The zero-order valence-electron chi connectivity index (χ0n) is 14.9. The van der Waals surface area contributed by atoms with Crippen LogP contribution >= 0.6 is 0 Å². The van der Waals surface area contributed by atoms with Crippen molar-refractivity contribution in [3.05, 3.63) is 36.0 Å². The molecule has 0 saturated heterocycles. The van der Waals surface area contributed by atoms with E-state index in [1.165, 1.54) is 14.2 Å². The minimum Gasteiger partial charge on any atom is -0.490 e. The third-order valence-corrected chi connectivity index (χ3v) is 5.54. The Balaban J connectivity index is 2.08. The third-order valence-electron chi connectivity index (χ3n) is 4.13. The molecule has 2 N–H and O–H groups in total. The van der Waals surface area contributed by atoms with Crippen molar-refractivity contribution in [1.29, 1.82) is 0 Å². The third kappa shape index (κ3) is 3.46. The van der Waals surface area contributed by atoms with Crippen LogP contribution in [0.1, 0.15) is 5.56 Å². The summed E-state index contributed by atoms with van der Waals surface area (Å²) in [4.78, 5) is 6.18. The Bertz CT molecular complexity index is 902. The highest BCUT2D eigenvalue weighted by molar-refractivity contribution is 7.89. The van der Waals surface area contributed by atoms with Crippen molar-refractivity contribution in [2.24, 2.45) is 0 Å². The molecule has 2 heterocycles. The molecular formula is C17H22N4O4S. The highest BCUT2D eigenvalue weighted by atomic mass is 32.2. The first-order valence-corrected chi connectivity index (χ1v) is 9.64. The SMILES string of the molecule is CNCc1ccc2c(c1)N(c1cnc(OC)c(S(=O)(=O)NC)c1)CCO2. The number of aromatic nitrogens is 1. The number of pyridine rings is 1. The summed E-state index contributed by atoms with van der Waals surface area (Å²) in [6.07, 6.45) is 1.60. The minimum atomic E-state index is -3.70. The molecule has 0 unspecified atom stereocenters. The van der Waals surface area contributed by atoms with Gasteiger partial charge in [0, 0.05) is 6.54 Å². The van der Waals surface area contributed by atoms with Gasteiger partial charge in [0.25, 0.3) is 0 Å². The number of nitrogens with zero attached hydrogens (tertiary/aromatic N) is 2. The first-order chi connectivity index (χ1) is 12.5. The van der Waals surface area contributed by atoms with Crippen LogP contribution in [0.25, 0.3) is 0 Å². The van der Waals surface area contributed by atoms with Crippen LogP contribution in [0, 0.1) is 0 Å². The van der Waals surface area contributed by atoms with E-state index in [1.54, 1.807) is 12.3 Å². The van der Waals surface area contributed by atoms with Gasteiger partial charge >= 0.3 is 0 Å². The first kappa shape index (κ1) is 18.4. The van der Waals surface area contributed by atoms with Gasteiger partial charge in [-0.1, -0.05) is 6.07 Å². The van der Waals surface area contributed by atoms with Crippen LogP contribution in [0.4, 0.5) is 11.4 Å². The lowest BCUT2D eigenvalue weighted by Gasteiger charge is -2.31. The Hall–Kier alpha value is -2.36. The lowest BCUT2D eigenvalue weighted by molar-refractivity contribution is 0.314. The molecule has 0 amide bonds. The van der Waals surface area contributed by atoms with Crippen molar-refractivity contribution in [1.82, 2.24) is 15.0 Å². The monoisotopic (exact) mass is 378 g/mol. The Morgan fingerprint density at radius 2 is 2.12 bits per heavy atom. The predicted molar refractivity (Wildman–Crippen MR) is 98.7 cm³/mol. The van der Waals surface area contributed by atoms with E-state index in [9.17, 15) is 8.42 Å². The molecule has 1 aromatic heterocycles. The number of fused-ring (bicyclic) bond motifs is 1. The van der Waals surface area contributed by atoms with Gasteiger partial charge in [0.15, 0.2) is 0 Å². The number of anilines is 2. The van der Waals surface area contributed by atoms with Gasteiger partial charge in [-0.05, 0) is 37.9 Å². The van der Waals surface area contributed by atoms with Crippen LogP contribution in [0.3, 0.4) is 0 Å². The van der Waals surface area contributed by atoms with E-state index in [0.29, 0.717) is 18.8 Å².